The van der Waals surface area contributed by atoms with Crippen molar-refractivity contribution in [3.05, 3.63) is 102 Å². The second-order valence-corrected chi connectivity index (χ2v) is 7.14. The molecule has 160 valence electrons. The molecule has 0 spiro atoms. The number of carbonyl (C=O) groups is 1. The lowest BCUT2D eigenvalue weighted by Crippen LogP contribution is -2.35. The first-order chi connectivity index (χ1) is 15.6. The van der Waals surface area contributed by atoms with Gasteiger partial charge in [-0.2, -0.15) is 0 Å². The number of anilines is 4. The van der Waals surface area contributed by atoms with Gasteiger partial charge in [0.25, 0.3) is 0 Å². The second-order valence-electron chi connectivity index (χ2n) is 7.14. The van der Waals surface area contributed by atoms with Crippen LogP contribution in [0.5, 0.6) is 0 Å². The predicted molar refractivity (Wildman–Crippen MR) is 125 cm³/mol. The molecule has 0 saturated heterocycles. The molecule has 4 rings (SSSR count). The average Bonchev–Trinajstić information content (AvgIpc) is 2.81. The molecule has 0 fully saturated rings. The van der Waals surface area contributed by atoms with Gasteiger partial charge in [0.2, 0.25) is 5.91 Å². The van der Waals surface area contributed by atoms with E-state index in [1.165, 1.54) is 6.33 Å². The zero-order valence-corrected chi connectivity index (χ0v) is 17.5. The van der Waals surface area contributed by atoms with Crippen LogP contribution in [0.1, 0.15) is 22.7 Å². The van der Waals surface area contributed by atoms with Crippen LogP contribution in [-0.4, -0.2) is 20.9 Å². The van der Waals surface area contributed by atoms with Crippen LogP contribution in [0.4, 0.5) is 23.1 Å². The van der Waals surface area contributed by atoms with Crippen molar-refractivity contribution in [3.8, 4) is 0 Å². The Bertz CT molecular complexity index is 1160. The Morgan fingerprint density at radius 2 is 1.47 bits per heavy atom. The van der Waals surface area contributed by atoms with Crippen molar-refractivity contribution in [2.75, 3.05) is 16.5 Å². The van der Waals surface area contributed by atoms with Crippen LogP contribution in [-0.2, 0) is 4.79 Å². The van der Waals surface area contributed by atoms with Gasteiger partial charge in [-0.3, -0.25) is 15.6 Å². The molecule has 8 heteroatoms. The molecule has 5 N–H and O–H groups in total. The minimum atomic E-state index is -0.498. The van der Waals surface area contributed by atoms with Crippen molar-refractivity contribution in [1.29, 1.82) is 0 Å². The minimum Gasteiger partial charge on any atom is -0.393 e. The number of aromatic nitrogens is 3. The molecule has 0 unspecified atom stereocenters. The van der Waals surface area contributed by atoms with Crippen LogP contribution < -0.4 is 21.9 Å². The topological polar surface area (TPSA) is 118 Å². The summed E-state index contributed by atoms with van der Waals surface area (Å²) in [7, 11) is 0. The summed E-state index contributed by atoms with van der Waals surface area (Å²) in [6.07, 6.45) is 1.36. The Morgan fingerprint density at radius 1 is 0.844 bits per heavy atom. The predicted octanol–water partition coefficient (Wildman–Crippen LogP) is 3.78. The van der Waals surface area contributed by atoms with Gasteiger partial charge in [-0.05, 0) is 30.2 Å². The highest BCUT2D eigenvalue weighted by molar-refractivity contribution is 5.88. The minimum absolute atomic E-state index is 0.240. The second kappa shape index (κ2) is 9.57. The molecule has 0 radical (unpaired) electrons. The summed E-state index contributed by atoms with van der Waals surface area (Å²) in [4.78, 5) is 25.9. The fraction of sp³-hybridized carbons (Fsp3) is 0.0833. The van der Waals surface area contributed by atoms with E-state index in [0.717, 1.165) is 16.8 Å². The Labute approximate surface area is 185 Å². The maximum Gasteiger partial charge on any atom is 0.250 e. The van der Waals surface area contributed by atoms with E-state index in [-0.39, 0.29) is 17.4 Å². The number of hydrogen-bond donors (Lipinski definition) is 4. The highest BCUT2D eigenvalue weighted by Crippen LogP contribution is 2.27. The molecule has 0 aliphatic heterocycles. The number of nitrogens with two attached hydrogens (primary N) is 1. The van der Waals surface area contributed by atoms with E-state index in [0.29, 0.717) is 11.6 Å². The van der Waals surface area contributed by atoms with Crippen molar-refractivity contribution >= 4 is 29.0 Å². The smallest absolute Gasteiger partial charge is 0.250 e. The van der Waals surface area contributed by atoms with E-state index in [4.69, 9.17) is 5.73 Å². The molecular weight excluding hydrogens is 402 g/mol. The van der Waals surface area contributed by atoms with Gasteiger partial charge in [-0.1, -0.05) is 66.7 Å². The Hall–Kier alpha value is -4.46. The molecule has 2 aromatic carbocycles. The van der Waals surface area contributed by atoms with Crippen LogP contribution in [0.15, 0.2) is 85.2 Å². The van der Waals surface area contributed by atoms with E-state index >= 15 is 0 Å². The standard InChI is InChI=1S/C24H23N7O/c1-16-9-8-14-19(28-16)29-22-21(25)23(27-15-26-22)30-31-24(32)20(17-10-4-2-5-11-17)18-12-6-3-7-13-18/h2-15,20H,25H2,1H3,(H,31,32)(H2,26,27,28,29,30). The SMILES string of the molecule is Cc1cccc(Nc2ncnc(NNC(=O)C(c3ccccc3)c3ccccc3)c2N)n1. The van der Waals surface area contributed by atoms with Crippen molar-refractivity contribution in [2.45, 2.75) is 12.8 Å². The molecule has 0 aliphatic carbocycles. The van der Waals surface area contributed by atoms with Crippen molar-refractivity contribution in [2.24, 2.45) is 0 Å². The molecule has 0 saturated carbocycles. The highest BCUT2D eigenvalue weighted by Gasteiger charge is 2.23. The van der Waals surface area contributed by atoms with Gasteiger partial charge in [-0.15, -0.1) is 0 Å². The Morgan fingerprint density at radius 3 is 2.09 bits per heavy atom. The summed E-state index contributed by atoms with van der Waals surface area (Å²) in [6.45, 7) is 1.90. The summed E-state index contributed by atoms with van der Waals surface area (Å²) >= 11 is 0. The first-order valence-corrected chi connectivity index (χ1v) is 10.1. The number of benzene rings is 2. The molecule has 8 nitrogen and oxygen atoms in total. The largest absolute Gasteiger partial charge is 0.393 e. The van der Waals surface area contributed by atoms with Gasteiger partial charge < -0.3 is 11.1 Å². The third kappa shape index (κ3) is 4.81. The van der Waals surface area contributed by atoms with Gasteiger partial charge >= 0.3 is 0 Å². The van der Waals surface area contributed by atoms with Crippen LogP contribution in [0, 0.1) is 6.92 Å². The van der Waals surface area contributed by atoms with Crippen LogP contribution in [0.25, 0.3) is 0 Å². The van der Waals surface area contributed by atoms with Crippen LogP contribution in [0.2, 0.25) is 0 Å². The Balaban J connectivity index is 1.52. The average molecular weight is 425 g/mol. The number of rotatable bonds is 7. The molecule has 0 bridgehead atoms. The quantitative estimate of drug-likeness (QED) is 0.333. The van der Waals surface area contributed by atoms with E-state index in [1.54, 1.807) is 0 Å². The molecule has 0 aliphatic rings. The number of aryl methyl sites for hydroxylation is 1. The van der Waals surface area contributed by atoms with E-state index in [9.17, 15) is 4.79 Å². The van der Waals surface area contributed by atoms with E-state index in [2.05, 4.69) is 31.1 Å². The summed E-state index contributed by atoms with van der Waals surface area (Å²) in [5.74, 6) is 0.539. The summed E-state index contributed by atoms with van der Waals surface area (Å²) in [5.41, 5.74) is 14.7. The molecule has 32 heavy (non-hydrogen) atoms. The molecule has 2 heterocycles. The highest BCUT2D eigenvalue weighted by atomic mass is 16.2. The van der Waals surface area contributed by atoms with Crippen molar-refractivity contribution in [1.82, 2.24) is 20.4 Å². The zero-order chi connectivity index (χ0) is 22.3. The maximum atomic E-state index is 13.2. The monoisotopic (exact) mass is 425 g/mol. The summed E-state index contributed by atoms with van der Waals surface area (Å²) in [6, 6.07) is 24.8. The normalized spacial score (nSPS) is 10.6. The number of carbonyl (C=O) groups excluding carboxylic acids is 1. The number of nitrogens with zero attached hydrogens (tertiary/aromatic N) is 3. The van der Waals surface area contributed by atoms with Gasteiger partial charge in [-0.25, -0.2) is 15.0 Å². The molecule has 0 atom stereocenters. The number of hydrazine groups is 1. The summed E-state index contributed by atoms with van der Waals surface area (Å²) in [5, 5.41) is 3.08. The van der Waals surface area contributed by atoms with Gasteiger partial charge in [0.1, 0.15) is 17.8 Å². The molecule has 4 aromatic rings. The zero-order valence-electron chi connectivity index (χ0n) is 17.5. The van der Waals surface area contributed by atoms with Gasteiger partial charge in [0.05, 0.1) is 5.92 Å². The van der Waals surface area contributed by atoms with E-state index in [1.807, 2.05) is 85.8 Å². The maximum absolute atomic E-state index is 13.2. The lowest BCUT2D eigenvalue weighted by molar-refractivity contribution is -0.121. The number of amides is 1. The van der Waals surface area contributed by atoms with E-state index < -0.39 is 5.92 Å². The molecule has 1 amide bonds. The Kier molecular flexibility index (Phi) is 6.22. The fourth-order valence-corrected chi connectivity index (χ4v) is 3.31. The van der Waals surface area contributed by atoms with Crippen molar-refractivity contribution in [3.63, 3.8) is 0 Å². The fourth-order valence-electron chi connectivity index (χ4n) is 3.31. The molecular formula is C24H23N7O. The first kappa shape index (κ1) is 20.8. The summed E-state index contributed by atoms with van der Waals surface area (Å²) < 4.78 is 0. The van der Waals surface area contributed by atoms with Gasteiger partial charge in [0, 0.05) is 5.69 Å². The van der Waals surface area contributed by atoms with Gasteiger partial charge in [0.15, 0.2) is 11.6 Å². The third-order valence-corrected chi connectivity index (χ3v) is 4.85. The van der Waals surface area contributed by atoms with Crippen molar-refractivity contribution < 1.29 is 4.79 Å². The number of nitrogen functional groups attached to an aromatic ring is 1. The first-order valence-electron chi connectivity index (χ1n) is 10.1. The van der Waals surface area contributed by atoms with Crippen LogP contribution in [0.3, 0.4) is 0 Å². The number of nitrogens with one attached hydrogen (secondary N) is 3. The third-order valence-electron chi connectivity index (χ3n) is 4.85. The lowest BCUT2D eigenvalue weighted by atomic mass is 9.91. The molecule has 2 aromatic heterocycles. The number of hydrogen-bond acceptors (Lipinski definition) is 7. The number of pyridine rings is 1. The van der Waals surface area contributed by atoms with Crippen LogP contribution >= 0.6 is 0 Å². The lowest BCUT2D eigenvalue weighted by Gasteiger charge is -2.19.